The number of ketones is 1. The van der Waals surface area contributed by atoms with Crippen molar-refractivity contribution in [3.63, 3.8) is 0 Å². The molecule has 4 unspecified atom stereocenters. The Morgan fingerprint density at radius 3 is 2.17 bits per heavy atom. The molecule has 2 aromatic rings. The Labute approximate surface area is 183 Å². The minimum Gasteiger partial charge on any atom is -0.483 e. The van der Waals surface area contributed by atoms with Crippen LogP contribution in [-0.2, 0) is 9.59 Å². The zero-order chi connectivity index (χ0) is 21.0. The maximum Gasteiger partial charge on any atom is 0.238 e. The van der Waals surface area contributed by atoms with E-state index in [1.165, 1.54) is 11.0 Å². The summed E-state index contributed by atoms with van der Waals surface area (Å²) in [4.78, 5) is 39.9. The Bertz CT molecular complexity index is 1060. The lowest BCUT2D eigenvalue weighted by atomic mass is 9.85. The summed E-state index contributed by atoms with van der Waals surface area (Å²) in [6.07, 6.45) is 4.94. The molecule has 7 heteroatoms. The van der Waals surface area contributed by atoms with Crippen LogP contribution < -0.4 is 9.64 Å². The lowest BCUT2D eigenvalue weighted by Crippen LogP contribution is -2.33. The van der Waals surface area contributed by atoms with Gasteiger partial charge in [0, 0.05) is 15.6 Å². The normalized spacial score (nSPS) is 26.4. The van der Waals surface area contributed by atoms with Crippen molar-refractivity contribution in [3.8, 4) is 5.75 Å². The Morgan fingerprint density at radius 2 is 1.53 bits per heavy atom. The maximum absolute atomic E-state index is 13.1. The number of allylic oxidation sites excluding steroid dienone is 2. The van der Waals surface area contributed by atoms with Crippen molar-refractivity contribution in [1.29, 1.82) is 0 Å². The van der Waals surface area contributed by atoms with Gasteiger partial charge < -0.3 is 4.74 Å². The summed E-state index contributed by atoms with van der Waals surface area (Å²) >= 11 is 12.0. The van der Waals surface area contributed by atoms with Gasteiger partial charge in [0.15, 0.2) is 12.4 Å². The molecule has 2 aromatic carbocycles. The minimum absolute atomic E-state index is 0.108. The summed E-state index contributed by atoms with van der Waals surface area (Å²) in [7, 11) is 0. The molecule has 0 N–H and O–H groups in total. The van der Waals surface area contributed by atoms with Crippen LogP contribution in [0.4, 0.5) is 5.69 Å². The molecule has 1 saturated heterocycles. The number of Topliss-reactive ketones (excluding diaryl/α,β-unsaturated/α-hetero) is 1. The molecule has 0 radical (unpaired) electrons. The molecule has 1 saturated carbocycles. The second-order valence-electron chi connectivity index (χ2n) is 7.84. The van der Waals surface area contributed by atoms with Crippen LogP contribution in [0.2, 0.25) is 10.0 Å². The van der Waals surface area contributed by atoms with Gasteiger partial charge in [-0.25, -0.2) is 4.90 Å². The summed E-state index contributed by atoms with van der Waals surface area (Å²) in [6.45, 7) is -0.244. The fourth-order valence-corrected chi connectivity index (χ4v) is 5.08. The molecule has 0 spiro atoms. The summed E-state index contributed by atoms with van der Waals surface area (Å²) in [5, 5.41) is 0.910. The van der Waals surface area contributed by atoms with Crippen LogP contribution in [0.1, 0.15) is 16.8 Å². The highest BCUT2D eigenvalue weighted by Gasteiger charge is 2.59. The Balaban J connectivity index is 1.41. The predicted molar refractivity (Wildman–Crippen MR) is 113 cm³/mol. The first-order valence-electron chi connectivity index (χ1n) is 9.71. The third kappa shape index (κ3) is 3.04. The number of hydrogen-bond acceptors (Lipinski definition) is 4. The zero-order valence-corrected chi connectivity index (χ0v) is 17.3. The minimum atomic E-state index is -0.324. The van der Waals surface area contributed by atoms with Crippen LogP contribution in [0.3, 0.4) is 0 Å². The fraction of sp³-hybridized carbons (Fsp3) is 0.261. The summed E-state index contributed by atoms with van der Waals surface area (Å²) in [5.41, 5.74) is 0.746. The number of anilines is 1. The number of nitrogens with zero attached hydrogens (tertiary/aromatic N) is 1. The molecule has 2 amide bonds. The number of carbonyl (C=O) groups excluding carboxylic acids is 3. The number of amides is 2. The third-order valence-electron chi connectivity index (χ3n) is 6.16. The molecule has 2 bridgehead atoms. The highest BCUT2D eigenvalue weighted by molar-refractivity contribution is 6.32. The highest BCUT2D eigenvalue weighted by Crippen LogP contribution is 2.54. The van der Waals surface area contributed by atoms with Crippen molar-refractivity contribution >= 4 is 46.5 Å². The van der Waals surface area contributed by atoms with E-state index in [1.54, 1.807) is 36.4 Å². The topological polar surface area (TPSA) is 63.7 Å². The molecular weight excluding hydrogens is 425 g/mol. The SMILES string of the molecule is O=C(COc1ccc(Cl)cc1N1C(=O)C2C3C=CC(C3)C2C1=O)c1ccc(Cl)cc1. The van der Waals surface area contributed by atoms with Crippen molar-refractivity contribution in [3.05, 3.63) is 70.2 Å². The average Bonchev–Trinajstić information content (AvgIpc) is 3.41. The Hall–Kier alpha value is -2.63. The fourth-order valence-electron chi connectivity index (χ4n) is 4.79. The van der Waals surface area contributed by atoms with Gasteiger partial charge >= 0.3 is 0 Å². The molecule has 1 heterocycles. The lowest BCUT2D eigenvalue weighted by molar-refractivity contribution is -0.123. The van der Waals surface area contributed by atoms with Crippen molar-refractivity contribution in [2.45, 2.75) is 6.42 Å². The first-order valence-corrected chi connectivity index (χ1v) is 10.5. The van der Waals surface area contributed by atoms with Gasteiger partial charge in [-0.2, -0.15) is 0 Å². The van der Waals surface area contributed by atoms with E-state index >= 15 is 0 Å². The molecule has 2 aliphatic carbocycles. The van der Waals surface area contributed by atoms with Crippen LogP contribution in [0.25, 0.3) is 0 Å². The van der Waals surface area contributed by atoms with E-state index in [4.69, 9.17) is 27.9 Å². The Kier molecular flexibility index (Phi) is 4.68. The van der Waals surface area contributed by atoms with Gasteiger partial charge in [0.2, 0.25) is 11.8 Å². The number of fused-ring (bicyclic) bond motifs is 5. The number of imide groups is 1. The second-order valence-corrected chi connectivity index (χ2v) is 8.72. The number of ether oxygens (including phenoxy) is 1. The van der Waals surface area contributed by atoms with E-state index in [2.05, 4.69) is 0 Å². The van der Waals surface area contributed by atoms with Crippen molar-refractivity contribution in [2.75, 3.05) is 11.5 Å². The number of carbonyl (C=O) groups is 3. The highest BCUT2D eigenvalue weighted by atomic mass is 35.5. The van der Waals surface area contributed by atoms with Crippen LogP contribution in [0.5, 0.6) is 5.75 Å². The average molecular weight is 442 g/mol. The van der Waals surface area contributed by atoms with Gasteiger partial charge in [-0.15, -0.1) is 0 Å². The standard InChI is InChI=1S/C23H17Cl2NO4/c24-15-5-3-12(4-6-15)18(27)11-30-19-8-7-16(25)10-17(19)26-22(28)20-13-1-2-14(9-13)21(20)23(26)29/h1-8,10,13-14,20-21H,9,11H2. The number of hydrogen-bond donors (Lipinski definition) is 0. The van der Waals surface area contributed by atoms with Crippen molar-refractivity contribution < 1.29 is 19.1 Å². The largest absolute Gasteiger partial charge is 0.483 e. The van der Waals surface area contributed by atoms with Gasteiger partial charge in [-0.1, -0.05) is 35.4 Å². The van der Waals surface area contributed by atoms with Crippen molar-refractivity contribution in [2.24, 2.45) is 23.7 Å². The maximum atomic E-state index is 13.1. The summed E-state index contributed by atoms with van der Waals surface area (Å²) in [5.74, 6) is -0.858. The second kappa shape index (κ2) is 7.25. The molecule has 152 valence electrons. The van der Waals surface area contributed by atoms with Gasteiger partial charge in [0.25, 0.3) is 0 Å². The number of rotatable bonds is 5. The van der Waals surface area contributed by atoms with E-state index in [0.717, 1.165) is 6.42 Å². The van der Waals surface area contributed by atoms with Gasteiger partial charge in [0.05, 0.1) is 17.5 Å². The molecule has 30 heavy (non-hydrogen) atoms. The van der Waals surface area contributed by atoms with Gasteiger partial charge in [0.1, 0.15) is 5.75 Å². The van der Waals surface area contributed by atoms with Crippen LogP contribution >= 0.6 is 23.2 Å². The van der Waals surface area contributed by atoms with Crippen LogP contribution in [0, 0.1) is 23.7 Å². The number of benzene rings is 2. The van der Waals surface area contributed by atoms with E-state index in [1.807, 2.05) is 12.2 Å². The molecule has 2 fully saturated rings. The third-order valence-corrected chi connectivity index (χ3v) is 6.64. The zero-order valence-electron chi connectivity index (χ0n) is 15.8. The van der Waals surface area contributed by atoms with E-state index in [0.29, 0.717) is 15.6 Å². The summed E-state index contributed by atoms with van der Waals surface area (Å²) < 4.78 is 5.74. The quantitative estimate of drug-likeness (QED) is 0.387. The van der Waals surface area contributed by atoms with E-state index < -0.39 is 0 Å². The van der Waals surface area contributed by atoms with Gasteiger partial charge in [-0.3, -0.25) is 14.4 Å². The molecule has 5 nitrogen and oxygen atoms in total. The smallest absolute Gasteiger partial charge is 0.238 e. The van der Waals surface area contributed by atoms with E-state index in [-0.39, 0.29) is 59.3 Å². The van der Waals surface area contributed by atoms with Crippen LogP contribution in [-0.4, -0.2) is 24.2 Å². The predicted octanol–water partition coefficient (Wildman–Crippen LogP) is 4.57. The van der Waals surface area contributed by atoms with Gasteiger partial charge in [-0.05, 0) is 60.7 Å². The van der Waals surface area contributed by atoms with Crippen molar-refractivity contribution in [1.82, 2.24) is 0 Å². The first kappa shape index (κ1) is 19.3. The Morgan fingerprint density at radius 1 is 0.933 bits per heavy atom. The lowest BCUT2D eigenvalue weighted by Gasteiger charge is -2.21. The molecule has 3 aliphatic rings. The van der Waals surface area contributed by atoms with Crippen LogP contribution in [0.15, 0.2) is 54.6 Å². The monoisotopic (exact) mass is 441 g/mol. The molecule has 0 aromatic heterocycles. The molecular formula is C23H17Cl2NO4. The first-order chi connectivity index (χ1) is 14.4. The molecule has 4 atom stereocenters. The number of halogens is 2. The van der Waals surface area contributed by atoms with E-state index in [9.17, 15) is 14.4 Å². The summed E-state index contributed by atoms with van der Waals surface area (Å²) in [6, 6.07) is 11.2. The molecule has 5 rings (SSSR count). The molecule has 1 aliphatic heterocycles.